The number of ether oxygens (including phenoxy) is 1. The molecule has 0 aromatic carbocycles. The van der Waals surface area contributed by atoms with E-state index < -0.39 is 11.5 Å². The van der Waals surface area contributed by atoms with Crippen LogP contribution in [-0.4, -0.2) is 47.3 Å². The van der Waals surface area contributed by atoms with Gasteiger partial charge in [0.25, 0.3) is 0 Å². The number of hydrogen-bond donors (Lipinski definition) is 1. The fourth-order valence-corrected chi connectivity index (χ4v) is 2.78. The predicted octanol–water partition coefficient (Wildman–Crippen LogP) is 1.10. The van der Waals surface area contributed by atoms with Crippen LogP contribution in [0.1, 0.15) is 32.6 Å². The summed E-state index contributed by atoms with van der Waals surface area (Å²) >= 11 is 0. The van der Waals surface area contributed by atoms with Gasteiger partial charge in [0.2, 0.25) is 0 Å². The lowest BCUT2D eigenvalue weighted by molar-refractivity contribution is -0.153. The molecular formula is C11H19NO3. The van der Waals surface area contributed by atoms with Crippen LogP contribution in [-0.2, 0) is 9.53 Å². The third-order valence-electron chi connectivity index (χ3n) is 4.00. The zero-order valence-electron chi connectivity index (χ0n) is 9.40. The second-order valence-electron chi connectivity index (χ2n) is 4.86. The smallest absolute Gasteiger partial charge is 0.323 e. The molecule has 15 heavy (non-hydrogen) atoms. The first-order chi connectivity index (χ1) is 7.08. The first kappa shape index (κ1) is 10.9. The number of aliphatic carboxylic acids is 1. The molecule has 0 aromatic heterocycles. The van der Waals surface area contributed by atoms with Crippen LogP contribution in [0.4, 0.5) is 0 Å². The highest BCUT2D eigenvalue weighted by molar-refractivity contribution is 5.78. The molecule has 0 aromatic rings. The van der Waals surface area contributed by atoms with Gasteiger partial charge in [0.05, 0.1) is 6.10 Å². The van der Waals surface area contributed by atoms with Crippen molar-refractivity contribution in [3.63, 3.8) is 0 Å². The van der Waals surface area contributed by atoms with E-state index in [2.05, 4.69) is 4.90 Å². The Bertz CT molecular complexity index is 263. The van der Waals surface area contributed by atoms with Crippen molar-refractivity contribution >= 4 is 5.97 Å². The Kier molecular flexibility index (Phi) is 2.73. The highest BCUT2D eigenvalue weighted by atomic mass is 16.5. The van der Waals surface area contributed by atoms with Crippen LogP contribution in [0.3, 0.4) is 0 Å². The minimum absolute atomic E-state index is 0.341. The summed E-state index contributed by atoms with van der Waals surface area (Å²) in [6.45, 7) is 2.77. The van der Waals surface area contributed by atoms with Gasteiger partial charge in [-0.2, -0.15) is 0 Å². The zero-order valence-corrected chi connectivity index (χ0v) is 9.40. The molecule has 1 aliphatic heterocycles. The number of nitrogens with zero attached hydrogens (tertiary/aromatic N) is 1. The van der Waals surface area contributed by atoms with E-state index in [1.807, 2.05) is 6.92 Å². The van der Waals surface area contributed by atoms with E-state index in [9.17, 15) is 9.90 Å². The number of methoxy groups -OCH3 is 1. The van der Waals surface area contributed by atoms with Gasteiger partial charge in [-0.25, -0.2) is 0 Å². The Hall–Kier alpha value is -0.610. The molecule has 1 saturated heterocycles. The summed E-state index contributed by atoms with van der Waals surface area (Å²) in [7, 11) is 1.72. The van der Waals surface area contributed by atoms with Gasteiger partial charge in [0.15, 0.2) is 0 Å². The highest BCUT2D eigenvalue weighted by Gasteiger charge is 2.49. The van der Waals surface area contributed by atoms with Crippen LogP contribution >= 0.6 is 0 Å². The molecule has 1 N–H and O–H groups in total. The van der Waals surface area contributed by atoms with Crippen LogP contribution in [0, 0.1) is 0 Å². The van der Waals surface area contributed by atoms with Crippen molar-refractivity contribution in [2.45, 2.75) is 50.3 Å². The SMILES string of the molecule is COC1CC(N2CCCC2(C)C(=O)O)C1. The molecule has 1 saturated carbocycles. The van der Waals surface area contributed by atoms with Crippen LogP contribution in [0.15, 0.2) is 0 Å². The summed E-state index contributed by atoms with van der Waals surface area (Å²) < 4.78 is 5.23. The van der Waals surface area contributed by atoms with E-state index in [1.54, 1.807) is 7.11 Å². The van der Waals surface area contributed by atoms with E-state index in [4.69, 9.17) is 4.74 Å². The van der Waals surface area contributed by atoms with E-state index in [0.29, 0.717) is 12.1 Å². The maximum Gasteiger partial charge on any atom is 0.323 e. The van der Waals surface area contributed by atoms with Gasteiger partial charge in [-0.15, -0.1) is 0 Å². The van der Waals surface area contributed by atoms with Crippen LogP contribution < -0.4 is 0 Å². The Labute approximate surface area is 90.2 Å². The Morgan fingerprint density at radius 1 is 1.53 bits per heavy atom. The molecule has 0 spiro atoms. The van der Waals surface area contributed by atoms with E-state index in [0.717, 1.165) is 32.2 Å². The van der Waals surface area contributed by atoms with Crippen molar-refractivity contribution in [3.8, 4) is 0 Å². The lowest BCUT2D eigenvalue weighted by Crippen LogP contribution is -2.57. The molecule has 4 heteroatoms. The second-order valence-corrected chi connectivity index (χ2v) is 4.86. The van der Waals surface area contributed by atoms with Crippen molar-refractivity contribution in [1.82, 2.24) is 4.90 Å². The van der Waals surface area contributed by atoms with Gasteiger partial charge in [-0.05, 0) is 39.2 Å². The fraction of sp³-hybridized carbons (Fsp3) is 0.909. The fourth-order valence-electron chi connectivity index (χ4n) is 2.78. The molecule has 0 amide bonds. The number of rotatable bonds is 3. The van der Waals surface area contributed by atoms with Crippen molar-refractivity contribution < 1.29 is 14.6 Å². The molecule has 2 rings (SSSR count). The molecule has 0 radical (unpaired) electrons. The average molecular weight is 213 g/mol. The van der Waals surface area contributed by atoms with Crippen molar-refractivity contribution in [2.24, 2.45) is 0 Å². The first-order valence-corrected chi connectivity index (χ1v) is 5.61. The van der Waals surface area contributed by atoms with Gasteiger partial charge in [0, 0.05) is 13.2 Å². The summed E-state index contributed by atoms with van der Waals surface area (Å²) in [5, 5.41) is 9.26. The molecule has 1 unspecified atom stereocenters. The largest absolute Gasteiger partial charge is 0.480 e. The van der Waals surface area contributed by atoms with Crippen LogP contribution in [0.2, 0.25) is 0 Å². The maximum absolute atomic E-state index is 11.3. The van der Waals surface area contributed by atoms with E-state index in [-0.39, 0.29) is 0 Å². The molecule has 1 heterocycles. The molecule has 0 bridgehead atoms. The molecular weight excluding hydrogens is 194 g/mol. The molecule has 2 aliphatic rings. The Morgan fingerprint density at radius 2 is 2.20 bits per heavy atom. The average Bonchev–Trinajstić information content (AvgIpc) is 2.48. The molecule has 86 valence electrons. The minimum Gasteiger partial charge on any atom is -0.480 e. The van der Waals surface area contributed by atoms with Crippen molar-refractivity contribution in [3.05, 3.63) is 0 Å². The lowest BCUT2D eigenvalue weighted by Gasteiger charge is -2.45. The van der Waals surface area contributed by atoms with Gasteiger partial charge in [-0.3, -0.25) is 9.69 Å². The first-order valence-electron chi connectivity index (χ1n) is 5.61. The quantitative estimate of drug-likeness (QED) is 0.762. The standard InChI is InChI=1S/C11H19NO3/c1-11(10(13)14)4-3-5-12(11)8-6-9(7-8)15-2/h8-9H,3-7H2,1-2H3,(H,13,14). The number of carboxylic acid groups (broad SMARTS) is 1. The highest BCUT2D eigenvalue weighted by Crippen LogP contribution is 2.38. The summed E-state index contributed by atoms with van der Waals surface area (Å²) in [6.07, 6.45) is 4.08. The molecule has 1 aliphatic carbocycles. The molecule has 4 nitrogen and oxygen atoms in total. The van der Waals surface area contributed by atoms with E-state index in [1.165, 1.54) is 0 Å². The third-order valence-corrected chi connectivity index (χ3v) is 4.00. The van der Waals surface area contributed by atoms with Crippen LogP contribution in [0.5, 0.6) is 0 Å². The Morgan fingerprint density at radius 3 is 2.73 bits per heavy atom. The summed E-state index contributed by atoms with van der Waals surface area (Å²) in [6, 6.07) is 0.415. The molecule has 2 fully saturated rings. The van der Waals surface area contributed by atoms with Crippen LogP contribution in [0.25, 0.3) is 0 Å². The predicted molar refractivity (Wildman–Crippen MR) is 55.8 cm³/mol. The number of likely N-dealkylation sites (tertiary alicyclic amines) is 1. The normalized spacial score (nSPS) is 41.5. The maximum atomic E-state index is 11.3. The van der Waals surface area contributed by atoms with Crippen molar-refractivity contribution in [1.29, 1.82) is 0 Å². The van der Waals surface area contributed by atoms with Gasteiger partial charge < -0.3 is 9.84 Å². The monoisotopic (exact) mass is 213 g/mol. The van der Waals surface area contributed by atoms with Gasteiger partial charge in [-0.1, -0.05) is 0 Å². The van der Waals surface area contributed by atoms with Crippen molar-refractivity contribution in [2.75, 3.05) is 13.7 Å². The minimum atomic E-state index is -0.680. The second kappa shape index (κ2) is 3.76. The summed E-state index contributed by atoms with van der Waals surface area (Å²) in [5.41, 5.74) is -0.636. The van der Waals surface area contributed by atoms with Gasteiger partial charge >= 0.3 is 5.97 Å². The topological polar surface area (TPSA) is 49.8 Å². The lowest BCUT2D eigenvalue weighted by atomic mass is 9.85. The number of hydrogen-bond acceptors (Lipinski definition) is 3. The number of carboxylic acids is 1. The van der Waals surface area contributed by atoms with Gasteiger partial charge in [0.1, 0.15) is 5.54 Å². The zero-order chi connectivity index (χ0) is 11.1. The Balaban J connectivity index is 2.00. The number of carbonyl (C=O) groups is 1. The third kappa shape index (κ3) is 1.66. The summed E-state index contributed by atoms with van der Waals surface area (Å²) in [4.78, 5) is 13.4. The molecule has 1 atom stereocenters. The summed E-state index contributed by atoms with van der Waals surface area (Å²) in [5.74, 6) is -0.680. The van der Waals surface area contributed by atoms with E-state index >= 15 is 0 Å².